The Morgan fingerprint density at radius 1 is 1.11 bits per heavy atom. The summed E-state index contributed by atoms with van der Waals surface area (Å²) >= 11 is 0. The first-order valence-corrected chi connectivity index (χ1v) is 5.64. The Morgan fingerprint density at radius 2 is 1.79 bits per heavy atom. The topological polar surface area (TPSA) is 41.9 Å². The molecule has 0 aliphatic carbocycles. The zero-order valence-corrected chi connectivity index (χ0v) is 9.98. The highest BCUT2D eigenvalue weighted by molar-refractivity contribution is 5.56. The molecule has 0 amide bonds. The fourth-order valence-electron chi connectivity index (χ4n) is 1.74. The van der Waals surface area contributed by atoms with Crippen molar-refractivity contribution >= 4 is 0 Å². The van der Waals surface area contributed by atoms with Gasteiger partial charge < -0.3 is 5.73 Å². The summed E-state index contributed by atoms with van der Waals surface area (Å²) in [6.45, 7) is 0.121. The van der Waals surface area contributed by atoms with E-state index in [4.69, 9.17) is 5.73 Å². The molecule has 0 spiro atoms. The summed E-state index contributed by atoms with van der Waals surface area (Å²) in [7, 11) is 0. The molecule has 3 nitrogen and oxygen atoms in total. The van der Waals surface area contributed by atoms with E-state index in [1.165, 1.54) is 10.9 Å². The van der Waals surface area contributed by atoms with Crippen LogP contribution < -0.4 is 15.8 Å². The lowest BCUT2D eigenvalue weighted by Crippen LogP contribution is -2.49. The average molecular weight is 268 g/mol. The molecule has 0 fully saturated rings. The summed E-state index contributed by atoms with van der Waals surface area (Å²) in [5, 5.41) is 0. The van der Waals surface area contributed by atoms with E-state index in [1.54, 1.807) is 30.3 Å². The minimum atomic E-state index is -4.37. The van der Waals surface area contributed by atoms with E-state index >= 15 is 0 Å². The smallest absolute Gasteiger partial charge is 0.310 e. The Balaban J connectivity index is 2.54. The fraction of sp³-hybridized carbons (Fsp3) is 0.154. The molecule has 2 rings (SSSR count). The number of halogens is 3. The Labute approximate surface area is 108 Å². The fourth-order valence-corrected chi connectivity index (χ4v) is 1.74. The van der Waals surface area contributed by atoms with Crippen LogP contribution >= 0.6 is 0 Å². The predicted molar refractivity (Wildman–Crippen MR) is 65.5 cm³/mol. The van der Waals surface area contributed by atoms with Gasteiger partial charge in [-0.25, -0.2) is 0 Å². The highest BCUT2D eigenvalue weighted by Crippen LogP contribution is 2.30. The summed E-state index contributed by atoms with van der Waals surface area (Å²) < 4.78 is 39.7. The van der Waals surface area contributed by atoms with Crippen molar-refractivity contribution in [2.45, 2.75) is 6.18 Å². The maximum atomic E-state index is 12.7. The largest absolute Gasteiger partial charge is 0.416 e. The van der Waals surface area contributed by atoms with Crippen LogP contribution in [0.5, 0.6) is 0 Å². The molecular formula is C13H13F3N3+. The second kappa shape index (κ2) is 5.27. The van der Waals surface area contributed by atoms with Crippen LogP contribution in [-0.4, -0.2) is 6.67 Å². The molecule has 0 unspecified atom stereocenters. The maximum Gasteiger partial charge on any atom is 0.416 e. The van der Waals surface area contributed by atoms with Gasteiger partial charge in [0.15, 0.2) is 0 Å². The van der Waals surface area contributed by atoms with E-state index in [9.17, 15) is 13.2 Å². The second-order valence-electron chi connectivity index (χ2n) is 3.90. The number of aromatic nitrogens is 1. The number of alkyl halides is 3. The first-order chi connectivity index (χ1) is 9.02. The Kier molecular flexibility index (Phi) is 3.71. The van der Waals surface area contributed by atoms with Gasteiger partial charge in [0.25, 0.3) is 0 Å². The van der Waals surface area contributed by atoms with Crippen molar-refractivity contribution in [3.63, 3.8) is 0 Å². The van der Waals surface area contributed by atoms with Gasteiger partial charge in [0.05, 0.1) is 5.56 Å². The molecular weight excluding hydrogens is 255 g/mol. The highest BCUT2D eigenvalue weighted by Gasteiger charge is 2.33. The second-order valence-corrected chi connectivity index (χ2v) is 3.90. The summed E-state index contributed by atoms with van der Waals surface area (Å²) in [5.74, 6) is 0. The number of nitrogens with two attached hydrogens (primary N) is 1. The number of rotatable bonds is 3. The molecule has 0 aliphatic heterocycles. The number of nitrogens with zero attached hydrogens (tertiary/aromatic N) is 1. The molecule has 2 aromatic rings. The molecule has 6 heteroatoms. The Bertz CT molecular complexity index is 553. The quantitative estimate of drug-likeness (QED) is 0.661. The van der Waals surface area contributed by atoms with Crippen LogP contribution in [0.4, 0.5) is 13.2 Å². The third kappa shape index (κ3) is 3.03. The van der Waals surface area contributed by atoms with Gasteiger partial charge in [-0.1, -0.05) is 22.9 Å². The van der Waals surface area contributed by atoms with Crippen molar-refractivity contribution in [2.24, 2.45) is 5.73 Å². The van der Waals surface area contributed by atoms with Gasteiger partial charge in [-0.3, -0.25) is 0 Å². The summed E-state index contributed by atoms with van der Waals surface area (Å²) in [5.41, 5.74) is 8.54. The Hall–Kier alpha value is -2.08. The van der Waals surface area contributed by atoms with E-state index in [0.29, 0.717) is 11.3 Å². The first kappa shape index (κ1) is 13.4. The molecule has 0 saturated carbocycles. The van der Waals surface area contributed by atoms with Crippen molar-refractivity contribution in [3.8, 4) is 11.3 Å². The van der Waals surface area contributed by atoms with Crippen LogP contribution in [0.15, 0.2) is 48.7 Å². The number of nitrogens with one attached hydrogen (secondary N) is 1. The standard InChI is InChI=1S/C13H13F3N3/c14-13(15,16)11-6-7-19(18-9-17)12(8-11)10-4-2-1-3-5-10/h1-8,18H,9,17H2/q+1. The molecule has 100 valence electrons. The van der Waals surface area contributed by atoms with Gasteiger partial charge in [0.1, 0.15) is 6.67 Å². The monoisotopic (exact) mass is 268 g/mol. The SMILES string of the molecule is NCN[n+]1ccc(C(F)(F)F)cc1-c1ccccc1. The maximum absolute atomic E-state index is 12.7. The Morgan fingerprint density at radius 3 is 2.37 bits per heavy atom. The van der Waals surface area contributed by atoms with Crippen molar-refractivity contribution in [1.29, 1.82) is 0 Å². The van der Waals surface area contributed by atoms with Crippen LogP contribution in [0.3, 0.4) is 0 Å². The third-order valence-electron chi connectivity index (χ3n) is 2.61. The van der Waals surface area contributed by atoms with Gasteiger partial charge in [-0.05, 0) is 12.1 Å². The van der Waals surface area contributed by atoms with Crippen LogP contribution in [0.25, 0.3) is 11.3 Å². The van der Waals surface area contributed by atoms with Crippen LogP contribution in [0, 0.1) is 0 Å². The lowest BCUT2D eigenvalue weighted by atomic mass is 10.1. The summed E-state index contributed by atoms with van der Waals surface area (Å²) in [6, 6.07) is 10.9. The molecule has 0 saturated heterocycles. The predicted octanol–water partition coefficient (Wildman–Crippen LogP) is 2.12. The molecule has 0 aliphatic rings. The van der Waals surface area contributed by atoms with Crippen molar-refractivity contribution < 1.29 is 17.8 Å². The molecule has 1 heterocycles. The number of hydrogen-bond acceptors (Lipinski definition) is 2. The minimum Gasteiger partial charge on any atom is -0.310 e. The van der Waals surface area contributed by atoms with Crippen molar-refractivity contribution in [1.82, 2.24) is 0 Å². The molecule has 3 N–H and O–H groups in total. The molecule has 0 bridgehead atoms. The number of pyridine rings is 1. The summed E-state index contributed by atoms with van der Waals surface area (Å²) in [4.78, 5) is 0. The zero-order valence-electron chi connectivity index (χ0n) is 9.98. The van der Waals surface area contributed by atoms with Crippen LogP contribution in [-0.2, 0) is 6.18 Å². The normalized spacial score (nSPS) is 11.4. The van der Waals surface area contributed by atoms with Crippen LogP contribution in [0.1, 0.15) is 5.56 Å². The molecule has 1 aromatic carbocycles. The lowest BCUT2D eigenvalue weighted by Gasteiger charge is -2.09. The van der Waals surface area contributed by atoms with Gasteiger partial charge >= 0.3 is 6.18 Å². The highest BCUT2D eigenvalue weighted by atomic mass is 19.4. The molecule has 1 aromatic heterocycles. The van der Waals surface area contributed by atoms with Gasteiger partial charge in [-0.15, -0.1) is 0 Å². The molecule has 0 radical (unpaired) electrons. The van der Waals surface area contributed by atoms with E-state index in [1.807, 2.05) is 0 Å². The van der Waals surface area contributed by atoms with Gasteiger partial charge in [0.2, 0.25) is 11.9 Å². The number of hydrogen-bond donors (Lipinski definition) is 2. The minimum absolute atomic E-state index is 0.121. The van der Waals surface area contributed by atoms with E-state index < -0.39 is 11.7 Å². The van der Waals surface area contributed by atoms with Crippen molar-refractivity contribution in [2.75, 3.05) is 12.1 Å². The van der Waals surface area contributed by atoms with Crippen LogP contribution in [0.2, 0.25) is 0 Å². The van der Waals surface area contributed by atoms with E-state index in [-0.39, 0.29) is 6.67 Å². The summed E-state index contributed by atoms with van der Waals surface area (Å²) in [6.07, 6.45) is -3.05. The average Bonchev–Trinajstić information content (AvgIpc) is 2.39. The van der Waals surface area contributed by atoms with Crippen molar-refractivity contribution in [3.05, 3.63) is 54.2 Å². The molecule has 19 heavy (non-hydrogen) atoms. The molecule has 0 atom stereocenters. The lowest BCUT2D eigenvalue weighted by molar-refractivity contribution is -0.639. The number of benzene rings is 1. The van der Waals surface area contributed by atoms with E-state index in [0.717, 1.165) is 12.1 Å². The zero-order chi connectivity index (χ0) is 13.9. The first-order valence-electron chi connectivity index (χ1n) is 5.64. The third-order valence-corrected chi connectivity index (χ3v) is 2.61. The van der Waals surface area contributed by atoms with Gasteiger partial charge in [-0.2, -0.15) is 18.6 Å². The van der Waals surface area contributed by atoms with E-state index in [2.05, 4.69) is 5.43 Å². The van der Waals surface area contributed by atoms with Gasteiger partial charge in [0, 0.05) is 17.7 Å².